The van der Waals surface area contributed by atoms with Gasteiger partial charge >= 0.3 is 38.1 Å². The van der Waals surface area contributed by atoms with Gasteiger partial charge in [-0.05, 0) is 60.7 Å². The first-order chi connectivity index (χ1) is 22.0. The van der Waals surface area contributed by atoms with Gasteiger partial charge in [-0.3, -0.25) is 0 Å². The van der Waals surface area contributed by atoms with Crippen LogP contribution in [0.15, 0.2) is 158 Å². The van der Waals surface area contributed by atoms with Crippen LogP contribution in [0.3, 0.4) is 0 Å². The molecule has 0 aliphatic carbocycles. The van der Waals surface area contributed by atoms with E-state index in [2.05, 4.69) is 172 Å². The Kier molecular flexibility index (Phi) is 10.7. The second kappa shape index (κ2) is 14.9. The summed E-state index contributed by atoms with van der Waals surface area (Å²) < 4.78 is 7.27. The molecule has 0 radical (unpaired) electrons. The van der Waals surface area contributed by atoms with Gasteiger partial charge in [0, 0.05) is 16.5 Å². The third-order valence-electron chi connectivity index (χ3n) is 8.37. The fourth-order valence-corrected chi connectivity index (χ4v) is 11.7. The Morgan fingerprint density at radius 1 is 0.444 bits per heavy atom. The Hall–Kier alpha value is -2.54. The molecule has 1 nitrogen and oxygen atoms in total. The van der Waals surface area contributed by atoms with Crippen LogP contribution < -0.4 is 36.6 Å². The summed E-state index contributed by atoms with van der Waals surface area (Å²) in [5.41, 5.74) is 2.30. The summed E-state index contributed by atoms with van der Waals surface area (Å²) >= 11 is -0.806. The first-order valence-electron chi connectivity index (χ1n) is 14.8. The van der Waals surface area contributed by atoms with Crippen molar-refractivity contribution >= 4 is 85.7 Å². The first-order valence-corrected chi connectivity index (χ1v) is 25.7. The molecule has 0 bridgehead atoms. The van der Waals surface area contributed by atoms with Crippen molar-refractivity contribution in [2.75, 3.05) is 0 Å². The minimum atomic E-state index is -1.32. The maximum absolute atomic E-state index is 7.27. The molecule has 0 saturated carbocycles. The van der Waals surface area contributed by atoms with Crippen LogP contribution in [0.4, 0.5) is 0 Å². The molecule has 1 heterocycles. The number of fused-ring (bicyclic) bond motifs is 2. The van der Waals surface area contributed by atoms with Gasteiger partial charge in [-0.2, -0.15) is 0 Å². The normalized spacial score (nSPS) is 12.8. The van der Waals surface area contributed by atoms with Crippen LogP contribution in [-0.4, -0.2) is 21.2 Å². The van der Waals surface area contributed by atoms with Crippen LogP contribution in [0.25, 0.3) is 0 Å². The summed E-state index contributed by atoms with van der Waals surface area (Å²) in [6.45, 7) is 4.71. The number of para-hydroxylation sites is 2. The molecule has 0 atom stereocenters. The summed E-state index contributed by atoms with van der Waals surface area (Å²) in [5, 5.41) is 8.05. The van der Waals surface area contributed by atoms with Crippen LogP contribution in [0.5, 0.6) is 11.5 Å². The zero-order valence-electron chi connectivity index (χ0n) is 25.1. The van der Waals surface area contributed by atoms with Gasteiger partial charge in [0.15, 0.2) is 11.5 Å². The molecule has 7 rings (SSSR count). The molecule has 0 amide bonds. The van der Waals surface area contributed by atoms with E-state index in [1.165, 1.54) is 43.0 Å². The van der Waals surface area contributed by atoms with Gasteiger partial charge in [0.05, 0.1) is 0 Å². The Morgan fingerprint density at radius 3 is 1.02 bits per heavy atom. The van der Waals surface area contributed by atoms with E-state index in [9.17, 15) is 0 Å². The molecule has 6 aromatic carbocycles. The molecule has 0 aromatic heterocycles. The summed E-state index contributed by atoms with van der Waals surface area (Å²) in [6.07, 6.45) is 0. The molecule has 0 fully saturated rings. The van der Waals surface area contributed by atoms with E-state index in [-0.39, 0.29) is 5.41 Å². The Morgan fingerprint density at radius 2 is 0.733 bits per heavy atom. The fourth-order valence-electron chi connectivity index (χ4n) is 6.29. The van der Waals surface area contributed by atoms with E-state index in [0.717, 1.165) is 11.5 Å². The average molecular weight is 861 g/mol. The molecule has 0 saturated heterocycles. The van der Waals surface area contributed by atoms with Crippen LogP contribution in [0.1, 0.15) is 25.0 Å². The fraction of sp³-hybridized carbons (Fsp3) is 0.0769. The molecule has 224 valence electrons. The third-order valence-corrected chi connectivity index (χ3v) is 13.9. The zero-order chi connectivity index (χ0) is 31.2. The van der Waals surface area contributed by atoms with Crippen molar-refractivity contribution in [2.24, 2.45) is 0 Å². The Bertz CT molecular complexity index is 1640. The van der Waals surface area contributed by atoms with Crippen molar-refractivity contribution in [2.45, 2.75) is 19.3 Å². The molecular formula is C39H34Cl2OP2Po+2. The summed E-state index contributed by atoms with van der Waals surface area (Å²) in [4.78, 5) is 0. The second-order valence-electron chi connectivity index (χ2n) is 11.4. The van der Waals surface area contributed by atoms with Crippen LogP contribution >= 0.6 is 32.7 Å². The number of benzene rings is 6. The van der Waals surface area contributed by atoms with Gasteiger partial charge in [-0.15, -0.1) is 0 Å². The van der Waals surface area contributed by atoms with E-state index in [0.29, 0.717) is 0 Å². The molecule has 45 heavy (non-hydrogen) atoms. The summed E-state index contributed by atoms with van der Waals surface area (Å²) in [5.74, 6) is 2.07. The molecule has 6 aromatic rings. The number of rotatable bonds is 6. The van der Waals surface area contributed by atoms with E-state index in [1.54, 1.807) is 0 Å². The molecular weight excluding hydrogens is 826 g/mol. The zero-order valence-corrected chi connectivity index (χ0v) is 31.8. The van der Waals surface area contributed by atoms with Crippen LogP contribution in [-0.2, 0) is 5.41 Å². The van der Waals surface area contributed by atoms with E-state index >= 15 is 0 Å². The molecule has 0 N–H and O–H groups in total. The van der Waals surface area contributed by atoms with Crippen molar-refractivity contribution < 1.29 is 4.74 Å². The minimum absolute atomic E-state index is 0.213. The third kappa shape index (κ3) is 6.80. The Balaban J connectivity index is 0.00000115. The molecule has 0 unspecified atom stereocenters. The topological polar surface area (TPSA) is 9.23 Å². The molecule has 0 spiro atoms. The van der Waals surface area contributed by atoms with Crippen molar-refractivity contribution in [3.63, 3.8) is 0 Å². The quantitative estimate of drug-likeness (QED) is 0.154. The number of ether oxygens (including phenoxy) is 1. The van der Waals surface area contributed by atoms with Crippen LogP contribution in [0, 0.1) is 0 Å². The second-order valence-corrected chi connectivity index (χ2v) is 20.8. The van der Waals surface area contributed by atoms with Crippen molar-refractivity contribution in [1.82, 2.24) is 0 Å². The van der Waals surface area contributed by atoms with E-state index < -0.39 is 37.0 Å². The van der Waals surface area contributed by atoms with Crippen LogP contribution in [0.2, 0.25) is 0 Å². The summed E-state index contributed by atoms with van der Waals surface area (Å²) in [6, 6.07) is 57.5. The monoisotopic (exact) mass is 859 g/mol. The average Bonchev–Trinajstić information content (AvgIpc) is 3.08. The van der Waals surface area contributed by atoms with Gasteiger partial charge in [0.25, 0.3) is 0 Å². The SMILES string of the molecule is CC1(C)c2cccc([PH+](c3ccccc3)c3ccccc3)c2Oc2c([PH+](c3ccccc3)c3ccccc3)cccc21.[Cl][Po][Cl]. The van der Waals surface area contributed by atoms with E-state index in [4.69, 9.17) is 21.6 Å². The summed E-state index contributed by atoms with van der Waals surface area (Å²) in [7, 11) is 7.22. The Labute approximate surface area is 287 Å². The van der Waals surface area contributed by atoms with Gasteiger partial charge < -0.3 is 4.74 Å². The molecule has 1 aliphatic rings. The predicted molar refractivity (Wildman–Crippen MR) is 203 cm³/mol. The van der Waals surface area contributed by atoms with E-state index in [1.807, 2.05) is 0 Å². The van der Waals surface area contributed by atoms with Gasteiger partial charge in [0.1, 0.15) is 47.7 Å². The van der Waals surface area contributed by atoms with Crippen molar-refractivity contribution in [1.29, 1.82) is 0 Å². The number of hydrogen-bond acceptors (Lipinski definition) is 1. The number of hydrogen-bond donors (Lipinski definition) is 0. The van der Waals surface area contributed by atoms with Gasteiger partial charge in [-0.25, -0.2) is 0 Å². The standard InChI is InChI=1S/C39H32OP2.2ClH.Po/c1-39(2)33-25-15-27-35(41(29-17-7-3-8-18-29)30-19-9-4-10-20-30)37(33)40-38-34(39)26-16-28-36(38)42(31-21-11-5-12-22-31)32-23-13-6-14-24-32;;;/h3-28H,1-2H3;2*1H;/q;;;+2. The molecule has 6 heteroatoms. The van der Waals surface area contributed by atoms with Gasteiger partial charge in [-0.1, -0.05) is 111 Å². The molecule has 1 aliphatic heterocycles. The van der Waals surface area contributed by atoms with Crippen molar-refractivity contribution in [3.8, 4) is 11.5 Å². The van der Waals surface area contributed by atoms with Gasteiger partial charge in [0.2, 0.25) is 0 Å². The van der Waals surface area contributed by atoms with Crippen molar-refractivity contribution in [3.05, 3.63) is 169 Å². The number of halogens is 2. The predicted octanol–water partition coefficient (Wildman–Crippen LogP) is 8.10. The maximum atomic E-state index is 7.27. The first kappa shape index (κ1) is 32.4.